The van der Waals surface area contributed by atoms with Gasteiger partial charge in [-0.1, -0.05) is 60.7 Å². The molecule has 2 nitrogen and oxygen atoms in total. The summed E-state index contributed by atoms with van der Waals surface area (Å²) in [6, 6.07) is 27.8. The third-order valence-electron chi connectivity index (χ3n) is 4.77. The monoisotopic (exact) mass is 326 g/mol. The first kappa shape index (κ1) is 15.5. The number of nitrogens with one attached hydrogen (secondary N) is 1. The number of fused-ring (bicyclic) bond motifs is 1. The zero-order chi connectivity index (χ0) is 17.2. The van der Waals surface area contributed by atoms with Crippen molar-refractivity contribution in [3.8, 4) is 0 Å². The molecule has 1 unspecified atom stereocenters. The van der Waals surface area contributed by atoms with Crippen LogP contribution < -0.4 is 5.32 Å². The van der Waals surface area contributed by atoms with Gasteiger partial charge in [0.2, 0.25) is 0 Å². The summed E-state index contributed by atoms with van der Waals surface area (Å²) in [6.45, 7) is 2.19. The topological polar surface area (TPSA) is 17.0 Å². The maximum Gasteiger partial charge on any atom is 0.0774 e. The largest absolute Gasteiger partial charge is 0.374 e. The Morgan fingerprint density at radius 2 is 1.48 bits per heavy atom. The molecule has 1 aromatic heterocycles. The minimum atomic E-state index is 0.105. The van der Waals surface area contributed by atoms with E-state index in [-0.39, 0.29) is 6.04 Å². The molecule has 0 spiro atoms. The molecule has 0 saturated heterocycles. The second-order valence-corrected chi connectivity index (χ2v) is 6.52. The fourth-order valence-corrected chi connectivity index (χ4v) is 3.63. The van der Waals surface area contributed by atoms with Crippen molar-refractivity contribution >= 4 is 16.6 Å². The van der Waals surface area contributed by atoms with Crippen molar-refractivity contribution in [2.45, 2.75) is 13.0 Å². The summed E-state index contributed by atoms with van der Waals surface area (Å²) in [5.74, 6) is 0. The van der Waals surface area contributed by atoms with Gasteiger partial charge in [-0.2, -0.15) is 0 Å². The molecule has 0 amide bonds. The maximum absolute atomic E-state index is 3.73. The average molecular weight is 326 g/mol. The van der Waals surface area contributed by atoms with Gasteiger partial charge in [-0.05, 0) is 41.8 Å². The zero-order valence-corrected chi connectivity index (χ0v) is 14.6. The Morgan fingerprint density at radius 1 is 0.800 bits per heavy atom. The molecule has 1 heterocycles. The predicted molar refractivity (Wildman–Crippen MR) is 106 cm³/mol. The smallest absolute Gasteiger partial charge is 0.0774 e. The van der Waals surface area contributed by atoms with Crippen LogP contribution in [-0.2, 0) is 7.05 Å². The molecular formula is C23H22N2. The van der Waals surface area contributed by atoms with Crippen LogP contribution in [-0.4, -0.2) is 4.57 Å². The van der Waals surface area contributed by atoms with E-state index in [2.05, 4.69) is 103 Å². The molecule has 0 aliphatic rings. The van der Waals surface area contributed by atoms with E-state index < -0.39 is 0 Å². The summed E-state index contributed by atoms with van der Waals surface area (Å²) in [4.78, 5) is 0. The van der Waals surface area contributed by atoms with Crippen molar-refractivity contribution < 1.29 is 0 Å². The van der Waals surface area contributed by atoms with Gasteiger partial charge in [-0.25, -0.2) is 0 Å². The highest BCUT2D eigenvalue weighted by Gasteiger charge is 2.19. The van der Waals surface area contributed by atoms with Crippen molar-refractivity contribution in [1.82, 2.24) is 4.57 Å². The van der Waals surface area contributed by atoms with Crippen LogP contribution in [0.5, 0.6) is 0 Å². The number of hydrogen-bond acceptors (Lipinski definition) is 1. The fourth-order valence-electron chi connectivity index (χ4n) is 3.63. The van der Waals surface area contributed by atoms with Crippen LogP contribution in [0.4, 0.5) is 5.69 Å². The highest BCUT2D eigenvalue weighted by Crippen LogP contribution is 2.34. The first-order valence-electron chi connectivity index (χ1n) is 8.65. The molecule has 3 aromatic carbocycles. The SMILES string of the molecule is Cc1cn(C)c2cccc(C(Nc3ccccc3)c3ccccc3)c12. The highest BCUT2D eigenvalue weighted by atomic mass is 14.9. The van der Waals surface area contributed by atoms with Crippen molar-refractivity contribution in [2.24, 2.45) is 7.05 Å². The molecular weight excluding hydrogens is 304 g/mol. The van der Waals surface area contributed by atoms with Crippen LogP contribution in [0.2, 0.25) is 0 Å². The van der Waals surface area contributed by atoms with Gasteiger partial charge in [0.05, 0.1) is 6.04 Å². The van der Waals surface area contributed by atoms with E-state index >= 15 is 0 Å². The van der Waals surface area contributed by atoms with E-state index in [0.29, 0.717) is 0 Å². The summed E-state index contributed by atoms with van der Waals surface area (Å²) in [5.41, 5.74) is 6.28. The second kappa shape index (κ2) is 6.48. The molecule has 0 bridgehead atoms. The van der Waals surface area contributed by atoms with Crippen molar-refractivity contribution in [3.05, 3.63) is 102 Å². The van der Waals surface area contributed by atoms with E-state index in [1.807, 2.05) is 6.07 Å². The van der Waals surface area contributed by atoms with E-state index in [1.54, 1.807) is 0 Å². The number of aromatic nitrogens is 1. The maximum atomic E-state index is 3.73. The molecule has 2 heteroatoms. The minimum absolute atomic E-state index is 0.105. The molecule has 4 aromatic rings. The lowest BCUT2D eigenvalue weighted by molar-refractivity contribution is 0.945. The van der Waals surface area contributed by atoms with Gasteiger partial charge in [0.25, 0.3) is 0 Å². The number of aryl methyl sites for hydroxylation is 2. The molecule has 0 aliphatic carbocycles. The van der Waals surface area contributed by atoms with Crippen LogP contribution >= 0.6 is 0 Å². The van der Waals surface area contributed by atoms with Crippen molar-refractivity contribution in [2.75, 3.05) is 5.32 Å². The number of anilines is 1. The number of rotatable bonds is 4. The van der Waals surface area contributed by atoms with E-state index in [1.165, 1.54) is 27.6 Å². The standard InChI is InChI=1S/C23H22N2/c1-17-16-25(2)21-15-9-14-20(22(17)21)23(18-10-5-3-6-11-18)24-19-12-7-4-8-13-19/h3-16,23-24H,1-2H3. The second-order valence-electron chi connectivity index (χ2n) is 6.52. The Bertz CT molecular complexity index is 985. The van der Waals surface area contributed by atoms with Gasteiger partial charge in [-0.3, -0.25) is 0 Å². The zero-order valence-electron chi connectivity index (χ0n) is 14.6. The van der Waals surface area contributed by atoms with Gasteiger partial charge in [0, 0.05) is 29.8 Å². The summed E-state index contributed by atoms with van der Waals surface area (Å²) >= 11 is 0. The molecule has 0 saturated carbocycles. The first-order valence-corrected chi connectivity index (χ1v) is 8.65. The minimum Gasteiger partial charge on any atom is -0.374 e. The van der Waals surface area contributed by atoms with Crippen LogP contribution in [0.3, 0.4) is 0 Å². The number of nitrogens with zero attached hydrogens (tertiary/aromatic N) is 1. The van der Waals surface area contributed by atoms with Gasteiger partial charge < -0.3 is 9.88 Å². The van der Waals surface area contributed by atoms with Crippen molar-refractivity contribution in [3.63, 3.8) is 0 Å². The number of hydrogen-bond donors (Lipinski definition) is 1. The van der Waals surface area contributed by atoms with Gasteiger partial charge in [0.15, 0.2) is 0 Å². The van der Waals surface area contributed by atoms with E-state index in [9.17, 15) is 0 Å². The molecule has 1 N–H and O–H groups in total. The molecule has 25 heavy (non-hydrogen) atoms. The third-order valence-corrected chi connectivity index (χ3v) is 4.77. The lowest BCUT2D eigenvalue weighted by Crippen LogP contribution is -2.13. The lowest BCUT2D eigenvalue weighted by atomic mass is 9.94. The first-order chi connectivity index (χ1) is 12.2. The molecule has 1 atom stereocenters. The molecule has 0 radical (unpaired) electrons. The highest BCUT2D eigenvalue weighted by molar-refractivity contribution is 5.88. The Morgan fingerprint density at radius 3 is 2.20 bits per heavy atom. The summed E-state index contributed by atoms with van der Waals surface area (Å²) in [5, 5.41) is 5.07. The number of benzene rings is 3. The average Bonchev–Trinajstić information content (AvgIpc) is 2.96. The van der Waals surface area contributed by atoms with Crippen LogP contribution in [0.1, 0.15) is 22.7 Å². The molecule has 0 fully saturated rings. The summed E-state index contributed by atoms with van der Waals surface area (Å²) < 4.78 is 2.21. The van der Waals surface area contributed by atoms with Gasteiger partial charge in [0.1, 0.15) is 0 Å². The van der Waals surface area contributed by atoms with Crippen LogP contribution in [0.15, 0.2) is 85.1 Å². The predicted octanol–water partition coefficient (Wildman–Crippen LogP) is 5.69. The normalized spacial score (nSPS) is 12.2. The molecule has 0 aliphatic heterocycles. The Kier molecular flexibility index (Phi) is 4.02. The van der Waals surface area contributed by atoms with E-state index in [4.69, 9.17) is 0 Å². The van der Waals surface area contributed by atoms with Crippen molar-refractivity contribution in [1.29, 1.82) is 0 Å². The molecule has 4 rings (SSSR count). The van der Waals surface area contributed by atoms with Gasteiger partial charge >= 0.3 is 0 Å². The summed E-state index contributed by atoms with van der Waals surface area (Å²) in [6.07, 6.45) is 2.21. The fraction of sp³-hybridized carbons (Fsp3) is 0.130. The quantitative estimate of drug-likeness (QED) is 0.510. The van der Waals surface area contributed by atoms with Crippen LogP contribution in [0, 0.1) is 6.92 Å². The Labute approximate surface area is 148 Å². The Balaban J connectivity index is 1.89. The number of para-hydroxylation sites is 1. The summed E-state index contributed by atoms with van der Waals surface area (Å²) in [7, 11) is 2.11. The third kappa shape index (κ3) is 2.91. The van der Waals surface area contributed by atoms with Gasteiger partial charge in [-0.15, -0.1) is 0 Å². The van der Waals surface area contributed by atoms with Crippen LogP contribution in [0.25, 0.3) is 10.9 Å². The van der Waals surface area contributed by atoms with E-state index in [0.717, 1.165) is 5.69 Å². The Hall–Kier alpha value is -3.00. The lowest BCUT2D eigenvalue weighted by Gasteiger charge is -2.22. The molecule has 124 valence electrons.